The van der Waals surface area contributed by atoms with E-state index < -0.39 is 0 Å². The molecule has 100 valence electrons. The van der Waals surface area contributed by atoms with Crippen LogP contribution in [0.4, 0.5) is 5.95 Å². The Morgan fingerprint density at radius 1 is 1.22 bits per heavy atom. The number of nitrogens with zero attached hydrogens (tertiary/aromatic N) is 4. The van der Waals surface area contributed by atoms with E-state index in [-0.39, 0.29) is 6.61 Å². The van der Waals surface area contributed by atoms with E-state index in [1.807, 2.05) is 0 Å². The summed E-state index contributed by atoms with van der Waals surface area (Å²) < 4.78 is 0. The summed E-state index contributed by atoms with van der Waals surface area (Å²) in [6.45, 7) is 6.23. The van der Waals surface area contributed by atoms with Crippen LogP contribution in [0.15, 0.2) is 0 Å². The second-order valence-corrected chi connectivity index (χ2v) is 4.85. The molecule has 0 aliphatic carbocycles. The van der Waals surface area contributed by atoms with E-state index in [0.717, 1.165) is 56.1 Å². The molecule has 0 saturated carbocycles. The van der Waals surface area contributed by atoms with E-state index in [0.29, 0.717) is 5.92 Å². The van der Waals surface area contributed by atoms with Crippen LogP contribution in [0.25, 0.3) is 0 Å². The lowest BCUT2D eigenvalue weighted by Crippen LogP contribution is -2.38. The molecule has 2 rings (SSSR count). The molecule has 18 heavy (non-hydrogen) atoms. The van der Waals surface area contributed by atoms with Crippen LogP contribution in [0.5, 0.6) is 0 Å². The second kappa shape index (κ2) is 6.09. The van der Waals surface area contributed by atoms with Gasteiger partial charge in [-0.3, -0.25) is 0 Å². The summed E-state index contributed by atoms with van der Waals surface area (Å²) in [4.78, 5) is 6.77. The van der Waals surface area contributed by atoms with Gasteiger partial charge in [-0.1, -0.05) is 13.8 Å². The highest BCUT2D eigenvalue weighted by Crippen LogP contribution is 2.20. The molecule has 0 spiro atoms. The largest absolute Gasteiger partial charge is 0.396 e. The Kier molecular flexibility index (Phi) is 4.47. The molecule has 5 heteroatoms. The van der Waals surface area contributed by atoms with Gasteiger partial charge in [0.05, 0.1) is 11.4 Å². The minimum absolute atomic E-state index is 0.248. The van der Waals surface area contributed by atoms with Crippen LogP contribution in [0, 0.1) is 5.92 Å². The topological polar surface area (TPSA) is 62.1 Å². The van der Waals surface area contributed by atoms with Crippen LogP contribution >= 0.6 is 0 Å². The van der Waals surface area contributed by atoms with Gasteiger partial charge in [-0.15, -0.1) is 5.10 Å². The number of aromatic nitrogens is 3. The first-order valence-corrected chi connectivity index (χ1v) is 6.86. The van der Waals surface area contributed by atoms with Crippen molar-refractivity contribution in [3.63, 3.8) is 0 Å². The van der Waals surface area contributed by atoms with Gasteiger partial charge in [0.1, 0.15) is 0 Å². The van der Waals surface area contributed by atoms with Crippen molar-refractivity contribution in [3.05, 3.63) is 11.4 Å². The van der Waals surface area contributed by atoms with Crippen molar-refractivity contribution in [2.75, 3.05) is 24.6 Å². The van der Waals surface area contributed by atoms with Crippen molar-refractivity contribution < 1.29 is 5.11 Å². The normalized spacial score (nSPS) is 20.2. The van der Waals surface area contributed by atoms with E-state index in [1.54, 1.807) is 0 Å². The average molecular weight is 250 g/mol. The lowest BCUT2D eigenvalue weighted by Gasteiger charge is -2.31. The van der Waals surface area contributed by atoms with Crippen molar-refractivity contribution in [2.24, 2.45) is 5.92 Å². The van der Waals surface area contributed by atoms with Gasteiger partial charge in [-0.05, 0) is 31.6 Å². The van der Waals surface area contributed by atoms with Gasteiger partial charge in [0, 0.05) is 19.7 Å². The maximum absolute atomic E-state index is 9.26. The zero-order valence-electron chi connectivity index (χ0n) is 11.3. The van der Waals surface area contributed by atoms with Crippen molar-refractivity contribution >= 4 is 5.95 Å². The van der Waals surface area contributed by atoms with Gasteiger partial charge >= 0.3 is 0 Å². The lowest BCUT2D eigenvalue weighted by molar-refractivity contribution is 0.208. The fourth-order valence-corrected chi connectivity index (χ4v) is 2.46. The lowest BCUT2D eigenvalue weighted by atomic mass is 9.99. The molecule has 1 N–H and O–H groups in total. The van der Waals surface area contributed by atoms with Crippen LogP contribution < -0.4 is 4.90 Å². The fourth-order valence-electron chi connectivity index (χ4n) is 2.46. The van der Waals surface area contributed by atoms with Crippen LogP contribution in [0.1, 0.15) is 38.1 Å². The molecule has 1 atom stereocenters. The molecule has 2 heterocycles. The molecule has 1 aliphatic rings. The zero-order valence-corrected chi connectivity index (χ0v) is 11.3. The molecule has 0 bridgehead atoms. The Balaban J connectivity index is 2.17. The molecular formula is C13H22N4O. The Labute approximate surface area is 108 Å². The van der Waals surface area contributed by atoms with Gasteiger partial charge in [0.2, 0.25) is 5.95 Å². The van der Waals surface area contributed by atoms with E-state index in [2.05, 4.69) is 33.9 Å². The number of rotatable bonds is 4. The number of anilines is 1. The van der Waals surface area contributed by atoms with Crippen LogP contribution in [-0.2, 0) is 12.8 Å². The van der Waals surface area contributed by atoms with Crippen molar-refractivity contribution in [2.45, 2.75) is 39.5 Å². The average Bonchev–Trinajstić information content (AvgIpc) is 2.46. The number of aliphatic hydroxyl groups excluding tert-OH is 1. The molecule has 1 saturated heterocycles. The first kappa shape index (κ1) is 13.2. The second-order valence-electron chi connectivity index (χ2n) is 4.85. The van der Waals surface area contributed by atoms with Crippen LogP contribution in [0.3, 0.4) is 0 Å². The molecule has 0 aromatic carbocycles. The minimum Gasteiger partial charge on any atom is -0.396 e. The van der Waals surface area contributed by atoms with Gasteiger partial charge in [-0.25, -0.2) is 4.98 Å². The summed E-state index contributed by atoms with van der Waals surface area (Å²) in [6.07, 6.45) is 3.95. The molecule has 5 nitrogen and oxygen atoms in total. The van der Waals surface area contributed by atoms with Crippen molar-refractivity contribution in [1.29, 1.82) is 0 Å². The maximum Gasteiger partial charge on any atom is 0.245 e. The first-order chi connectivity index (χ1) is 8.78. The molecular weight excluding hydrogens is 228 g/mol. The predicted octanol–water partition coefficient (Wildman–Crippen LogP) is 1.21. The minimum atomic E-state index is 0.248. The van der Waals surface area contributed by atoms with E-state index >= 15 is 0 Å². The third-order valence-electron chi connectivity index (χ3n) is 3.56. The van der Waals surface area contributed by atoms with E-state index in [4.69, 9.17) is 0 Å². The summed E-state index contributed by atoms with van der Waals surface area (Å²) in [6, 6.07) is 0. The Hall–Kier alpha value is -1.23. The van der Waals surface area contributed by atoms with Gasteiger partial charge < -0.3 is 10.0 Å². The molecule has 1 unspecified atom stereocenters. The standard InChI is InChI=1S/C13H22N4O/c1-3-11-12(4-2)15-16-13(14-11)17-7-5-6-10(8-17)9-18/h10,18H,3-9H2,1-2H3. The number of hydrogen-bond acceptors (Lipinski definition) is 5. The summed E-state index contributed by atoms with van der Waals surface area (Å²) >= 11 is 0. The molecule has 0 amide bonds. The highest BCUT2D eigenvalue weighted by Gasteiger charge is 2.22. The third-order valence-corrected chi connectivity index (χ3v) is 3.56. The molecule has 1 aliphatic heterocycles. The fraction of sp³-hybridized carbons (Fsp3) is 0.769. The Morgan fingerprint density at radius 3 is 2.67 bits per heavy atom. The molecule has 1 aromatic heterocycles. The molecule has 1 aromatic rings. The van der Waals surface area contributed by atoms with E-state index in [1.165, 1.54) is 0 Å². The first-order valence-electron chi connectivity index (χ1n) is 6.86. The Morgan fingerprint density at radius 2 is 2.00 bits per heavy atom. The predicted molar refractivity (Wildman–Crippen MR) is 70.6 cm³/mol. The van der Waals surface area contributed by atoms with Gasteiger partial charge in [0.15, 0.2) is 0 Å². The Bertz CT molecular complexity index is 397. The number of hydrogen-bond donors (Lipinski definition) is 1. The van der Waals surface area contributed by atoms with Crippen molar-refractivity contribution in [3.8, 4) is 0 Å². The summed E-state index contributed by atoms with van der Waals surface area (Å²) in [7, 11) is 0. The number of piperidine rings is 1. The van der Waals surface area contributed by atoms with Crippen LogP contribution in [-0.4, -0.2) is 40.0 Å². The van der Waals surface area contributed by atoms with Gasteiger partial charge in [0.25, 0.3) is 0 Å². The zero-order chi connectivity index (χ0) is 13.0. The third kappa shape index (κ3) is 2.77. The summed E-state index contributed by atoms with van der Waals surface area (Å²) in [5.74, 6) is 1.07. The molecule has 1 fully saturated rings. The monoisotopic (exact) mass is 250 g/mol. The quantitative estimate of drug-likeness (QED) is 0.870. The SMILES string of the molecule is CCc1nnc(N2CCCC(CO)C2)nc1CC. The van der Waals surface area contributed by atoms with E-state index in [9.17, 15) is 5.11 Å². The number of aryl methyl sites for hydroxylation is 2. The van der Waals surface area contributed by atoms with Crippen LogP contribution in [0.2, 0.25) is 0 Å². The van der Waals surface area contributed by atoms with Crippen molar-refractivity contribution in [1.82, 2.24) is 15.2 Å². The summed E-state index contributed by atoms with van der Waals surface area (Å²) in [5, 5.41) is 17.8. The van der Waals surface area contributed by atoms with Gasteiger partial charge in [-0.2, -0.15) is 5.10 Å². The maximum atomic E-state index is 9.26. The highest BCUT2D eigenvalue weighted by atomic mass is 16.3. The molecule has 0 radical (unpaired) electrons. The number of aliphatic hydroxyl groups is 1. The summed E-state index contributed by atoms with van der Waals surface area (Å²) in [5.41, 5.74) is 2.05. The smallest absolute Gasteiger partial charge is 0.245 e. The highest BCUT2D eigenvalue weighted by molar-refractivity contribution is 5.31.